The molecule has 0 radical (unpaired) electrons. The number of hydrogen-bond acceptors (Lipinski definition) is 1. The van der Waals surface area contributed by atoms with Gasteiger partial charge in [-0.25, -0.2) is 0 Å². The maximum atomic E-state index is 4.62. The fourth-order valence-electron chi connectivity index (χ4n) is 3.13. The van der Waals surface area contributed by atoms with E-state index in [4.69, 9.17) is 0 Å². The van der Waals surface area contributed by atoms with Crippen LogP contribution < -0.4 is 0 Å². The van der Waals surface area contributed by atoms with Crippen molar-refractivity contribution in [3.63, 3.8) is 0 Å². The van der Waals surface area contributed by atoms with Crippen molar-refractivity contribution in [3.05, 3.63) is 90.3 Å². The summed E-state index contributed by atoms with van der Waals surface area (Å²) in [5.41, 5.74) is 5.26. The van der Waals surface area contributed by atoms with Gasteiger partial charge in [-0.1, -0.05) is 81.4 Å². The zero-order chi connectivity index (χ0) is 17.0. The first kappa shape index (κ1) is 16.4. The molecule has 3 aromatic rings. The first-order valence-corrected chi connectivity index (χ1v) is 8.59. The van der Waals surface area contributed by atoms with Crippen LogP contribution in [0.5, 0.6) is 0 Å². The molecule has 1 heteroatoms. The highest BCUT2D eigenvalue weighted by atomic mass is 14.7. The molecule has 0 saturated carbocycles. The molecule has 0 amide bonds. The van der Waals surface area contributed by atoms with E-state index in [2.05, 4.69) is 92.5 Å². The minimum atomic E-state index is 0.250. The first-order valence-electron chi connectivity index (χ1n) is 8.59. The van der Waals surface area contributed by atoms with Crippen molar-refractivity contribution in [2.75, 3.05) is 0 Å². The molecule has 0 spiro atoms. The second kappa shape index (κ2) is 7.00. The largest absolute Gasteiger partial charge is 0.261 e. The van der Waals surface area contributed by atoms with E-state index in [9.17, 15) is 0 Å². The summed E-state index contributed by atoms with van der Waals surface area (Å²) in [7, 11) is 0. The number of rotatable bonds is 4. The second-order valence-corrected chi connectivity index (χ2v) is 7.56. The molecule has 2 aromatic carbocycles. The third-order valence-electron chi connectivity index (χ3n) is 4.28. The summed E-state index contributed by atoms with van der Waals surface area (Å²) in [6.07, 6.45) is 2.97. The lowest BCUT2D eigenvalue weighted by atomic mass is 9.79. The normalized spacial score (nSPS) is 12.8. The monoisotopic (exact) mass is 315 g/mol. The number of benzene rings is 2. The van der Waals surface area contributed by atoms with Gasteiger partial charge >= 0.3 is 0 Å². The van der Waals surface area contributed by atoms with Crippen molar-refractivity contribution in [3.8, 4) is 11.1 Å². The summed E-state index contributed by atoms with van der Waals surface area (Å²) < 4.78 is 0. The number of aromatic nitrogens is 1. The van der Waals surface area contributed by atoms with Crippen molar-refractivity contribution in [1.29, 1.82) is 0 Å². The zero-order valence-electron chi connectivity index (χ0n) is 14.7. The molecular formula is C23H25N. The molecular weight excluding hydrogens is 290 g/mol. The fraction of sp³-hybridized carbons (Fsp3) is 0.261. The molecule has 1 atom stereocenters. The molecule has 0 bridgehead atoms. The SMILES string of the molecule is CC(C)(C)C[C@H](c1ccc(-c2ccccc2)cc1)c1ccccn1. The summed E-state index contributed by atoms with van der Waals surface area (Å²) in [5.74, 6) is 0.330. The van der Waals surface area contributed by atoms with E-state index in [-0.39, 0.29) is 5.41 Å². The van der Waals surface area contributed by atoms with Crippen LogP contribution in [0.3, 0.4) is 0 Å². The maximum absolute atomic E-state index is 4.62. The van der Waals surface area contributed by atoms with Crippen molar-refractivity contribution >= 4 is 0 Å². The van der Waals surface area contributed by atoms with Crippen molar-refractivity contribution in [1.82, 2.24) is 4.98 Å². The Morgan fingerprint density at radius 2 is 1.38 bits per heavy atom. The van der Waals surface area contributed by atoms with E-state index in [1.54, 1.807) is 0 Å². The molecule has 0 unspecified atom stereocenters. The molecule has 0 aliphatic heterocycles. The van der Waals surface area contributed by atoms with E-state index in [1.807, 2.05) is 12.3 Å². The molecule has 3 rings (SSSR count). The molecule has 0 aliphatic rings. The van der Waals surface area contributed by atoms with Gasteiger partial charge in [-0.2, -0.15) is 0 Å². The highest BCUT2D eigenvalue weighted by molar-refractivity contribution is 5.63. The number of nitrogens with zero attached hydrogens (tertiary/aromatic N) is 1. The average Bonchev–Trinajstić information content (AvgIpc) is 2.61. The van der Waals surface area contributed by atoms with Gasteiger partial charge < -0.3 is 0 Å². The lowest BCUT2D eigenvalue weighted by molar-refractivity contribution is 0.355. The highest BCUT2D eigenvalue weighted by Gasteiger charge is 2.22. The Hall–Kier alpha value is -2.41. The van der Waals surface area contributed by atoms with Gasteiger partial charge in [0.1, 0.15) is 0 Å². The van der Waals surface area contributed by atoms with E-state index in [1.165, 1.54) is 16.7 Å². The molecule has 0 fully saturated rings. The predicted molar refractivity (Wildman–Crippen MR) is 102 cm³/mol. The van der Waals surface area contributed by atoms with E-state index < -0.39 is 0 Å². The summed E-state index contributed by atoms with van der Waals surface area (Å²) in [5, 5.41) is 0. The van der Waals surface area contributed by atoms with Crippen molar-refractivity contribution in [2.24, 2.45) is 5.41 Å². The Labute approximate surface area is 145 Å². The van der Waals surface area contributed by atoms with Gasteiger partial charge in [0.05, 0.1) is 0 Å². The quantitative estimate of drug-likeness (QED) is 0.549. The van der Waals surface area contributed by atoms with Gasteiger partial charge in [-0.15, -0.1) is 0 Å². The van der Waals surface area contributed by atoms with Gasteiger partial charge in [-0.05, 0) is 40.7 Å². The molecule has 1 aromatic heterocycles. The lowest BCUT2D eigenvalue weighted by Gasteiger charge is -2.26. The Kier molecular flexibility index (Phi) is 4.80. The molecule has 1 heterocycles. The Morgan fingerprint density at radius 3 is 1.96 bits per heavy atom. The third-order valence-corrected chi connectivity index (χ3v) is 4.28. The van der Waals surface area contributed by atoms with Gasteiger partial charge in [0.15, 0.2) is 0 Å². The predicted octanol–water partition coefficient (Wildman–Crippen LogP) is 6.32. The second-order valence-electron chi connectivity index (χ2n) is 7.56. The van der Waals surface area contributed by atoms with Gasteiger partial charge in [0, 0.05) is 17.8 Å². The van der Waals surface area contributed by atoms with Crippen LogP contribution in [0.4, 0.5) is 0 Å². The molecule has 1 nitrogen and oxygen atoms in total. The fourth-order valence-corrected chi connectivity index (χ4v) is 3.13. The zero-order valence-corrected chi connectivity index (χ0v) is 14.7. The summed E-state index contributed by atoms with van der Waals surface area (Å²) >= 11 is 0. The Balaban J connectivity index is 1.93. The van der Waals surface area contributed by atoms with E-state index in [0.717, 1.165) is 12.1 Å². The summed E-state index contributed by atoms with van der Waals surface area (Å²) in [6, 6.07) is 25.7. The maximum Gasteiger partial charge on any atom is 0.0478 e. The standard InChI is InChI=1S/C23H25N/c1-23(2,3)17-21(22-11-7-8-16-24-22)20-14-12-19(13-15-20)18-9-5-4-6-10-18/h4-16,21H,17H2,1-3H3/t21-/m1/s1. The minimum Gasteiger partial charge on any atom is -0.261 e. The first-order chi connectivity index (χ1) is 11.5. The molecule has 0 N–H and O–H groups in total. The lowest BCUT2D eigenvalue weighted by Crippen LogP contribution is -2.14. The Morgan fingerprint density at radius 1 is 0.750 bits per heavy atom. The average molecular weight is 315 g/mol. The summed E-state index contributed by atoms with van der Waals surface area (Å²) in [6.45, 7) is 6.88. The van der Waals surface area contributed by atoms with Gasteiger partial charge in [0.25, 0.3) is 0 Å². The number of hydrogen-bond donors (Lipinski definition) is 0. The van der Waals surface area contributed by atoms with Crippen LogP contribution in [-0.4, -0.2) is 4.98 Å². The van der Waals surface area contributed by atoms with Crippen LogP contribution in [0.1, 0.15) is 44.4 Å². The van der Waals surface area contributed by atoms with E-state index >= 15 is 0 Å². The molecule has 0 aliphatic carbocycles. The molecule has 24 heavy (non-hydrogen) atoms. The smallest absolute Gasteiger partial charge is 0.0478 e. The minimum absolute atomic E-state index is 0.250. The van der Waals surface area contributed by atoms with Crippen molar-refractivity contribution < 1.29 is 0 Å². The van der Waals surface area contributed by atoms with Gasteiger partial charge in [-0.3, -0.25) is 4.98 Å². The summed E-state index contributed by atoms with van der Waals surface area (Å²) in [4.78, 5) is 4.62. The van der Waals surface area contributed by atoms with Crippen LogP contribution >= 0.6 is 0 Å². The third kappa shape index (κ3) is 4.11. The van der Waals surface area contributed by atoms with Crippen LogP contribution in [0.15, 0.2) is 79.0 Å². The van der Waals surface area contributed by atoms with E-state index in [0.29, 0.717) is 5.92 Å². The van der Waals surface area contributed by atoms with Crippen LogP contribution in [0, 0.1) is 5.41 Å². The molecule has 122 valence electrons. The van der Waals surface area contributed by atoms with Crippen LogP contribution in [-0.2, 0) is 0 Å². The van der Waals surface area contributed by atoms with Crippen LogP contribution in [0.25, 0.3) is 11.1 Å². The topological polar surface area (TPSA) is 12.9 Å². The number of pyridine rings is 1. The van der Waals surface area contributed by atoms with Gasteiger partial charge in [0.2, 0.25) is 0 Å². The van der Waals surface area contributed by atoms with Crippen LogP contribution in [0.2, 0.25) is 0 Å². The highest BCUT2D eigenvalue weighted by Crippen LogP contribution is 2.36. The molecule has 0 saturated heterocycles. The van der Waals surface area contributed by atoms with Crippen molar-refractivity contribution in [2.45, 2.75) is 33.1 Å². The Bertz CT molecular complexity index is 753.